The molecule has 3 rings (SSSR count). The van der Waals surface area contributed by atoms with Crippen molar-refractivity contribution in [1.82, 2.24) is 14.9 Å². The van der Waals surface area contributed by atoms with Crippen molar-refractivity contribution < 1.29 is 9.53 Å². The smallest absolute Gasteiger partial charge is 0.261 e. The molecule has 2 heterocycles. The fourth-order valence-corrected chi connectivity index (χ4v) is 2.66. The summed E-state index contributed by atoms with van der Waals surface area (Å²) in [6.45, 7) is 1.15. The SMILES string of the molecule is O=C(Cn1cnc2ccc(Cl)cc2c1=O)NC[C@@H]1CCCO1. The first-order valence-corrected chi connectivity index (χ1v) is 7.54. The number of rotatable bonds is 4. The molecule has 7 heteroatoms. The first kappa shape index (κ1) is 15.0. The maximum Gasteiger partial charge on any atom is 0.261 e. The van der Waals surface area contributed by atoms with Gasteiger partial charge in [0.25, 0.3) is 5.56 Å². The van der Waals surface area contributed by atoms with Crippen molar-refractivity contribution in [3.05, 3.63) is 39.9 Å². The summed E-state index contributed by atoms with van der Waals surface area (Å²) in [5.74, 6) is -0.235. The second kappa shape index (κ2) is 6.46. The number of halogens is 1. The van der Waals surface area contributed by atoms with E-state index in [2.05, 4.69) is 10.3 Å². The summed E-state index contributed by atoms with van der Waals surface area (Å²) in [4.78, 5) is 28.5. The van der Waals surface area contributed by atoms with Gasteiger partial charge in [0.1, 0.15) is 6.54 Å². The Morgan fingerprint density at radius 2 is 2.36 bits per heavy atom. The zero-order valence-corrected chi connectivity index (χ0v) is 12.7. The first-order valence-electron chi connectivity index (χ1n) is 7.16. The summed E-state index contributed by atoms with van der Waals surface area (Å²) >= 11 is 5.90. The predicted molar refractivity (Wildman–Crippen MR) is 83.0 cm³/mol. The molecule has 0 unspecified atom stereocenters. The van der Waals surface area contributed by atoms with Crippen LogP contribution in [0.5, 0.6) is 0 Å². The summed E-state index contributed by atoms with van der Waals surface area (Å²) in [7, 11) is 0. The monoisotopic (exact) mass is 321 g/mol. The molecule has 2 aromatic rings. The van der Waals surface area contributed by atoms with Crippen LogP contribution in [0.4, 0.5) is 0 Å². The van der Waals surface area contributed by atoms with Crippen molar-refractivity contribution in [2.75, 3.05) is 13.2 Å². The molecule has 1 saturated heterocycles. The minimum Gasteiger partial charge on any atom is -0.376 e. The number of hydrogen-bond donors (Lipinski definition) is 1. The number of ether oxygens (including phenoxy) is 1. The van der Waals surface area contributed by atoms with Crippen LogP contribution in [0.25, 0.3) is 10.9 Å². The Kier molecular flexibility index (Phi) is 4.40. The molecule has 0 aliphatic carbocycles. The van der Waals surface area contributed by atoms with Gasteiger partial charge in [-0.05, 0) is 31.0 Å². The Morgan fingerprint density at radius 1 is 1.50 bits per heavy atom. The lowest BCUT2D eigenvalue weighted by Gasteiger charge is -2.11. The average molecular weight is 322 g/mol. The van der Waals surface area contributed by atoms with E-state index in [0.29, 0.717) is 22.5 Å². The van der Waals surface area contributed by atoms with E-state index in [4.69, 9.17) is 16.3 Å². The van der Waals surface area contributed by atoms with Crippen molar-refractivity contribution in [3.63, 3.8) is 0 Å². The number of benzene rings is 1. The summed E-state index contributed by atoms with van der Waals surface area (Å²) in [5.41, 5.74) is 0.283. The minimum absolute atomic E-state index is 0.0684. The molecule has 1 N–H and O–H groups in total. The van der Waals surface area contributed by atoms with Crippen molar-refractivity contribution in [2.45, 2.75) is 25.5 Å². The van der Waals surface area contributed by atoms with Crippen LogP contribution in [0, 0.1) is 0 Å². The topological polar surface area (TPSA) is 73.2 Å². The molecule has 1 aliphatic heterocycles. The molecule has 0 bridgehead atoms. The summed E-state index contributed by atoms with van der Waals surface area (Å²) in [5, 5.41) is 3.65. The van der Waals surface area contributed by atoms with Crippen molar-refractivity contribution in [1.29, 1.82) is 0 Å². The highest BCUT2D eigenvalue weighted by Crippen LogP contribution is 2.14. The first-order chi connectivity index (χ1) is 10.6. The van der Waals surface area contributed by atoms with Crippen LogP contribution < -0.4 is 10.9 Å². The molecule has 1 amide bonds. The van der Waals surface area contributed by atoms with Gasteiger partial charge < -0.3 is 10.1 Å². The van der Waals surface area contributed by atoms with Gasteiger partial charge in [0.15, 0.2) is 0 Å². The van der Waals surface area contributed by atoms with Gasteiger partial charge >= 0.3 is 0 Å². The third-order valence-electron chi connectivity index (χ3n) is 3.65. The molecule has 1 fully saturated rings. The predicted octanol–water partition coefficient (Wildman–Crippen LogP) is 1.35. The van der Waals surface area contributed by atoms with E-state index in [1.165, 1.54) is 10.9 Å². The molecule has 1 aromatic heterocycles. The molecule has 0 radical (unpaired) electrons. The van der Waals surface area contributed by atoms with Gasteiger partial charge in [-0.25, -0.2) is 4.98 Å². The van der Waals surface area contributed by atoms with E-state index in [-0.39, 0.29) is 24.1 Å². The lowest BCUT2D eigenvalue weighted by molar-refractivity contribution is -0.122. The average Bonchev–Trinajstić information content (AvgIpc) is 3.02. The number of hydrogen-bond acceptors (Lipinski definition) is 4. The van der Waals surface area contributed by atoms with E-state index in [1.54, 1.807) is 18.2 Å². The fraction of sp³-hybridized carbons (Fsp3) is 0.400. The molecule has 0 spiro atoms. The number of fused-ring (bicyclic) bond motifs is 1. The second-order valence-corrected chi connectivity index (χ2v) is 5.71. The number of nitrogens with zero attached hydrogens (tertiary/aromatic N) is 2. The van der Waals surface area contributed by atoms with Crippen LogP contribution in [0.3, 0.4) is 0 Å². The molecule has 1 atom stereocenters. The Labute approximate surface area is 132 Å². The third-order valence-corrected chi connectivity index (χ3v) is 3.89. The zero-order chi connectivity index (χ0) is 15.5. The fourth-order valence-electron chi connectivity index (χ4n) is 2.49. The van der Waals surface area contributed by atoms with Crippen LogP contribution >= 0.6 is 11.6 Å². The normalized spacial score (nSPS) is 17.8. The molecular formula is C15H16ClN3O3. The standard InChI is InChI=1S/C15H16ClN3O3/c16-10-3-4-13-12(6-10)15(21)19(9-18-13)8-14(20)17-7-11-2-1-5-22-11/h3-4,6,9,11H,1-2,5,7-8H2,(H,17,20)/t11-/m0/s1. The third kappa shape index (κ3) is 3.28. The van der Waals surface area contributed by atoms with E-state index in [0.717, 1.165) is 19.4 Å². The zero-order valence-electron chi connectivity index (χ0n) is 11.9. The molecule has 6 nitrogen and oxygen atoms in total. The van der Waals surface area contributed by atoms with Crippen LogP contribution in [0.1, 0.15) is 12.8 Å². The number of aromatic nitrogens is 2. The second-order valence-electron chi connectivity index (χ2n) is 5.28. The summed E-state index contributed by atoms with van der Waals surface area (Å²) < 4.78 is 6.72. The van der Waals surface area contributed by atoms with E-state index >= 15 is 0 Å². The summed E-state index contributed by atoms with van der Waals surface area (Å²) in [6.07, 6.45) is 3.43. The lowest BCUT2D eigenvalue weighted by atomic mass is 10.2. The van der Waals surface area contributed by atoms with Crippen LogP contribution in [0.2, 0.25) is 5.02 Å². The molecule has 1 aliphatic rings. The maximum absolute atomic E-state index is 12.3. The summed E-state index contributed by atoms with van der Waals surface area (Å²) in [6, 6.07) is 4.92. The van der Waals surface area contributed by atoms with Gasteiger partial charge in [-0.2, -0.15) is 0 Å². The number of amides is 1. The quantitative estimate of drug-likeness (QED) is 0.922. The number of carbonyl (C=O) groups is 1. The highest BCUT2D eigenvalue weighted by molar-refractivity contribution is 6.31. The highest BCUT2D eigenvalue weighted by Gasteiger charge is 2.16. The molecule has 22 heavy (non-hydrogen) atoms. The van der Waals surface area contributed by atoms with Gasteiger partial charge in [0.2, 0.25) is 5.91 Å². The van der Waals surface area contributed by atoms with Crippen molar-refractivity contribution in [2.24, 2.45) is 0 Å². The minimum atomic E-state index is -0.278. The number of carbonyl (C=O) groups excluding carboxylic acids is 1. The van der Waals surface area contributed by atoms with E-state index in [9.17, 15) is 9.59 Å². The molecule has 1 aromatic carbocycles. The lowest BCUT2D eigenvalue weighted by Crippen LogP contribution is -2.36. The van der Waals surface area contributed by atoms with Crippen LogP contribution in [0.15, 0.2) is 29.3 Å². The van der Waals surface area contributed by atoms with Crippen LogP contribution in [-0.4, -0.2) is 34.7 Å². The van der Waals surface area contributed by atoms with E-state index in [1.807, 2.05) is 0 Å². The van der Waals surface area contributed by atoms with Crippen LogP contribution in [-0.2, 0) is 16.1 Å². The van der Waals surface area contributed by atoms with Gasteiger partial charge in [-0.3, -0.25) is 14.2 Å². The van der Waals surface area contributed by atoms with Gasteiger partial charge in [-0.15, -0.1) is 0 Å². The van der Waals surface area contributed by atoms with Gasteiger partial charge in [-0.1, -0.05) is 11.6 Å². The Hall–Kier alpha value is -1.92. The van der Waals surface area contributed by atoms with E-state index < -0.39 is 0 Å². The van der Waals surface area contributed by atoms with Gasteiger partial charge in [0, 0.05) is 18.2 Å². The van der Waals surface area contributed by atoms with Crippen molar-refractivity contribution in [3.8, 4) is 0 Å². The molecular weight excluding hydrogens is 306 g/mol. The molecule has 116 valence electrons. The van der Waals surface area contributed by atoms with Crippen molar-refractivity contribution >= 4 is 28.4 Å². The maximum atomic E-state index is 12.3. The number of nitrogens with one attached hydrogen (secondary N) is 1. The Bertz CT molecular complexity index is 753. The molecule has 0 saturated carbocycles. The highest BCUT2D eigenvalue weighted by atomic mass is 35.5. The van der Waals surface area contributed by atoms with Gasteiger partial charge in [0.05, 0.1) is 23.3 Å². The Balaban J connectivity index is 1.71. The largest absolute Gasteiger partial charge is 0.376 e. The Morgan fingerprint density at radius 3 is 3.14 bits per heavy atom.